The average molecular weight is 540 g/mol. The second-order valence-corrected chi connectivity index (χ2v) is 10.1. The minimum absolute atomic E-state index is 0.119. The lowest BCUT2D eigenvalue weighted by Crippen LogP contribution is -2.43. The van der Waals surface area contributed by atoms with Crippen molar-refractivity contribution in [3.63, 3.8) is 0 Å². The molecule has 0 saturated carbocycles. The lowest BCUT2D eigenvalue weighted by Gasteiger charge is -2.23. The number of benzene rings is 3. The Morgan fingerprint density at radius 2 is 1.52 bits per heavy atom. The zero-order valence-corrected chi connectivity index (χ0v) is 19.3. The van der Waals surface area contributed by atoms with Crippen molar-refractivity contribution >= 4 is 50.0 Å². The molecular weight excluding hydrogens is 521 g/mol. The van der Waals surface area contributed by atoms with Gasteiger partial charge in [0.25, 0.3) is 0 Å². The third-order valence-corrected chi connectivity index (χ3v) is 7.58. The summed E-state index contributed by atoms with van der Waals surface area (Å²) in [6.45, 7) is 1.88. The zero-order chi connectivity index (χ0) is 21.0. The van der Waals surface area contributed by atoms with E-state index >= 15 is 0 Å². The third kappa shape index (κ3) is 5.45. The second kappa shape index (κ2) is 9.38. The number of hydrogen-bond acceptors (Lipinski definition) is 3. The standard InChI is InChI=1S/C22H19ClINO3S/c1-15-7-13-19(14-8-15)29(27,28)25-21(20(24)16-5-3-2-4-6-16)22(26)17-9-11-18(23)12-10-17/h2-14,20-21,25H,1H3. The van der Waals surface area contributed by atoms with E-state index in [9.17, 15) is 13.2 Å². The molecule has 0 bridgehead atoms. The summed E-state index contributed by atoms with van der Waals surface area (Å²) in [6, 6.07) is 21.3. The molecule has 4 nitrogen and oxygen atoms in total. The smallest absolute Gasteiger partial charge is 0.241 e. The summed E-state index contributed by atoms with van der Waals surface area (Å²) >= 11 is 8.04. The summed E-state index contributed by atoms with van der Waals surface area (Å²) in [5, 5.41) is 0.507. The van der Waals surface area contributed by atoms with Gasteiger partial charge in [-0.15, -0.1) is 0 Å². The van der Waals surface area contributed by atoms with Gasteiger partial charge in [0.1, 0.15) is 6.04 Å². The van der Waals surface area contributed by atoms with Gasteiger partial charge < -0.3 is 0 Å². The van der Waals surface area contributed by atoms with Gasteiger partial charge in [0.05, 0.1) is 8.82 Å². The first kappa shape index (κ1) is 22.0. The summed E-state index contributed by atoms with van der Waals surface area (Å²) in [6.07, 6.45) is 0. The highest BCUT2D eigenvalue weighted by Crippen LogP contribution is 2.30. The van der Waals surface area contributed by atoms with Crippen LogP contribution in [-0.4, -0.2) is 20.2 Å². The van der Waals surface area contributed by atoms with Crippen LogP contribution in [0.4, 0.5) is 0 Å². The fourth-order valence-corrected chi connectivity index (χ4v) is 5.32. The molecule has 0 aliphatic carbocycles. The van der Waals surface area contributed by atoms with Crippen LogP contribution in [0, 0.1) is 6.92 Å². The minimum atomic E-state index is -3.89. The first-order valence-corrected chi connectivity index (χ1v) is 12.0. The Kier molecular flexibility index (Phi) is 7.10. The van der Waals surface area contributed by atoms with Crippen molar-refractivity contribution < 1.29 is 13.2 Å². The third-order valence-electron chi connectivity index (χ3n) is 4.44. The lowest BCUT2D eigenvalue weighted by atomic mass is 9.98. The molecule has 150 valence electrons. The number of carbonyl (C=O) groups excluding carboxylic acids is 1. The Labute approximate surface area is 189 Å². The van der Waals surface area contributed by atoms with Crippen LogP contribution in [0.15, 0.2) is 83.8 Å². The van der Waals surface area contributed by atoms with Crippen molar-refractivity contribution in [1.82, 2.24) is 4.72 Å². The number of nitrogens with one attached hydrogen (secondary N) is 1. The Morgan fingerprint density at radius 1 is 0.931 bits per heavy atom. The second-order valence-electron chi connectivity index (χ2n) is 6.60. The first-order chi connectivity index (χ1) is 13.8. The highest BCUT2D eigenvalue weighted by Gasteiger charge is 2.33. The normalized spacial score (nSPS) is 13.6. The molecule has 2 atom stereocenters. The quantitative estimate of drug-likeness (QED) is 0.250. The molecule has 0 spiro atoms. The number of hydrogen-bond donors (Lipinski definition) is 1. The molecule has 3 aromatic carbocycles. The highest BCUT2D eigenvalue weighted by atomic mass is 127. The Morgan fingerprint density at radius 3 is 2.10 bits per heavy atom. The molecule has 0 aromatic heterocycles. The monoisotopic (exact) mass is 539 g/mol. The topological polar surface area (TPSA) is 63.2 Å². The molecule has 29 heavy (non-hydrogen) atoms. The van der Waals surface area contributed by atoms with E-state index in [0.29, 0.717) is 10.6 Å². The molecule has 3 rings (SSSR count). The number of carbonyl (C=O) groups is 1. The molecule has 0 saturated heterocycles. The van der Waals surface area contributed by atoms with E-state index in [1.807, 2.05) is 37.3 Å². The van der Waals surface area contributed by atoms with E-state index in [2.05, 4.69) is 27.3 Å². The minimum Gasteiger partial charge on any atom is -0.292 e. The van der Waals surface area contributed by atoms with Gasteiger partial charge >= 0.3 is 0 Å². The van der Waals surface area contributed by atoms with E-state index in [1.54, 1.807) is 36.4 Å². The number of aryl methyl sites for hydroxylation is 1. The molecule has 0 fully saturated rings. The van der Waals surface area contributed by atoms with Gasteiger partial charge in [0.2, 0.25) is 10.0 Å². The van der Waals surface area contributed by atoms with Gasteiger partial charge in [-0.25, -0.2) is 8.42 Å². The summed E-state index contributed by atoms with van der Waals surface area (Å²) < 4.78 is 28.2. The van der Waals surface area contributed by atoms with Crippen molar-refractivity contribution in [2.45, 2.75) is 21.8 Å². The van der Waals surface area contributed by atoms with Crippen molar-refractivity contribution in [3.8, 4) is 0 Å². The first-order valence-electron chi connectivity index (χ1n) is 8.86. The number of Topliss-reactive ketones (excluding diaryl/α,β-unsaturated/α-hetero) is 1. The highest BCUT2D eigenvalue weighted by molar-refractivity contribution is 14.1. The van der Waals surface area contributed by atoms with E-state index in [4.69, 9.17) is 11.6 Å². The average Bonchev–Trinajstić information content (AvgIpc) is 2.72. The lowest BCUT2D eigenvalue weighted by molar-refractivity contribution is 0.0954. The van der Waals surface area contributed by atoms with Gasteiger partial charge in [0, 0.05) is 10.6 Å². The predicted molar refractivity (Wildman–Crippen MR) is 124 cm³/mol. The zero-order valence-electron chi connectivity index (χ0n) is 15.5. The maximum absolute atomic E-state index is 13.3. The number of alkyl halides is 1. The predicted octanol–water partition coefficient (Wildman–Crippen LogP) is 5.35. The van der Waals surface area contributed by atoms with Gasteiger partial charge in [-0.2, -0.15) is 4.72 Å². The maximum atomic E-state index is 13.3. The molecule has 3 aromatic rings. The molecule has 1 N–H and O–H groups in total. The SMILES string of the molecule is Cc1ccc(S(=O)(=O)NC(C(=O)c2ccc(Cl)cc2)C(I)c2ccccc2)cc1. The van der Waals surface area contributed by atoms with Crippen LogP contribution in [0.1, 0.15) is 25.4 Å². The summed E-state index contributed by atoms with van der Waals surface area (Å²) in [5.74, 6) is -0.319. The van der Waals surface area contributed by atoms with Crippen LogP contribution < -0.4 is 4.72 Å². The number of rotatable bonds is 7. The van der Waals surface area contributed by atoms with E-state index in [1.165, 1.54) is 12.1 Å². The molecule has 0 aliphatic heterocycles. The molecule has 0 amide bonds. The van der Waals surface area contributed by atoms with Gasteiger partial charge in [-0.3, -0.25) is 4.79 Å². The van der Waals surface area contributed by atoms with Gasteiger partial charge in [0.15, 0.2) is 5.78 Å². The Bertz CT molecular complexity index is 1090. The number of sulfonamides is 1. The molecule has 7 heteroatoms. The van der Waals surface area contributed by atoms with Crippen molar-refractivity contribution in [2.24, 2.45) is 0 Å². The number of halogens is 2. The molecule has 0 aliphatic rings. The van der Waals surface area contributed by atoms with Crippen molar-refractivity contribution in [1.29, 1.82) is 0 Å². The molecular formula is C22H19ClINO3S. The largest absolute Gasteiger partial charge is 0.292 e. The summed E-state index contributed by atoms with van der Waals surface area (Å²) in [5.41, 5.74) is 2.20. The van der Waals surface area contributed by atoms with Crippen LogP contribution in [0.3, 0.4) is 0 Å². The summed E-state index contributed by atoms with van der Waals surface area (Å²) in [4.78, 5) is 13.4. The van der Waals surface area contributed by atoms with Gasteiger partial charge in [-0.1, -0.05) is 82.2 Å². The fourth-order valence-electron chi connectivity index (χ4n) is 2.82. The fraction of sp³-hybridized carbons (Fsp3) is 0.136. The molecule has 2 unspecified atom stereocenters. The van der Waals surface area contributed by atoms with Crippen LogP contribution in [0.5, 0.6) is 0 Å². The van der Waals surface area contributed by atoms with Gasteiger partial charge in [-0.05, 0) is 48.9 Å². The van der Waals surface area contributed by atoms with Crippen LogP contribution in [0.25, 0.3) is 0 Å². The van der Waals surface area contributed by atoms with E-state index in [0.717, 1.165) is 11.1 Å². The van der Waals surface area contributed by atoms with Crippen LogP contribution in [0.2, 0.25) is 5.02 Å². The van der Waals surface area contributed by atoms with E-state index in [-0.39, 0.29) is 10.7 Å². The molecule has 0 radical (unpaired) electrons. The maximum Gasteiger partial charge on any atom is 0.241 e. The Balaban J connectivity index is 1.99. The number of ketones is 1. The molecule has 0 heterocycles. The van der Waals surface area contributed by atoms with E-state index < -0.39 is 20.0 Å². The van der Waals surface area contributed by atoms with Crippen molar-refractivity contribution in [2.75, 3.05) is 0 Å². The van der Waals surface area contributed by atoms with Crippen LogP contribution in [-0.2, 0) is 10.0 Å². The Hall–Kier alpha value is -1.74. The van der Waals surface area contributed by atoms with Crippen LogP contribution >= 0.6 is 34.2 Å². The summed E-state index contributed by atoms with van der Waals surface area (Å²) in [7, 11) is -3.89. The van der Waals surface area contributed by atoms with Crippen molar-refractivity contribution in [3.05, 3.63) is 101 Å².